The Hall–Kier alpha value is -3.37. The summed E-state index contributed by atoms with van der Waals surface area (Å²) in [5.74, 6) is 0.859. The molecule has 5 heteroatoms. The van der Waals surface area contributed by atoms with E-state index in [1.807, 2.05) is 30.3 Å². The van der Waals surface area contributed by atoms with E-state index in [0.717, 1.165) is 34.6 Å². The van der Waals surface area contributed by atoms with Crippen molar-refractivity contribution in [3.8, 4) is 5.75 Å². The molecule has 2 atom stereocenters. The van der Waals surface area contributed by atoms with Gasteiger partial charge in [-0.3, -0.25) is 4.98 Å². The van der Waals surface area contributed by atoms with Gasteiger partial charge in [0.25, 0.3) is 0 Å². The van der Waals surface area contributed by atoms with E-state index in [4.69, 9.17) is 21.4 Å². The van der Waals surface area contributed by atoms with Crippen LogP contribution in [0.5, 0.6) is 5.75 Å². The summed E-state index contributed by atoms with van der Waals surface area (Å²) >= 11 is 6.32. The first kappa shape index (κ1) is 17.5. The Kier molecular flexibility index (Phi) is 3.99. The standard InChI is InChI=1S/C25H18ClN3O/c26-20-7-8-24-21(14-20)23-15-22(19-6-5-16-3-1-2-4-18(16)13-19)28-29(23)25(30-24)17-9-11-27-12-10-17/h1-14,23,25H,15H2. The Labute approximate surface area is 179 Å². The third-order valence-electron chi connectivity index (χ3n) is 5.83. The van der Waals surface area contributed by atoms with Crippen molar-refractivity contribution in [2.75, 3.05) is 0 Å². The lowest BCUT2D eigenvalue weighted by molar-refractivity contribution is -0.0190. The average molecular weight is 412 g/mol. The number of rotatable bonds is 2. The molecule has 6 rings (SSSR count). The van der Waals surface area contributed by atoms with Crippen molar-refractivity contribution in [2.45, 2.75) is 18.7 Å². The minimum Gasteiger partial charge on any atom is -0.464 e. The molecule has 0 amide bonds. The number of fused-ring (bicyclic) bond motifs is 4. The van der Waals surface area contributed by atoms with Crippen LogP contribution < -0.4 is 4.74 Å². The highest BCUT2D eigenvalue weighted by atomic mass is 35.5. The fraction of sp³-hybridized carbons (Fsp3) is 0.120. The number of aromatic nitrogens is 1. The van der Waals surface area contributed by atoms with Gasteiger partial charge in [-0.1, -0.05) is 48.0 Å². The summed E-state index contributed by atoms with van der Waals surface area (Å²) in [6.45, 7) is 0. The summed E-state index contributed by atoms with van der Waals surface area (Å²) in [5, 5.41) is 10.3. The summed E-state index contributed by atoms with van der Waals surface area (Å²) in [5.41, 5.74) is 4.30. The summed E-state index contributed by atoms with van der Waals surface area (Å²) in [4.78, 5) is 4.15. The van der Waals surface area contributed by atoms with E-state index in [1.54, 1.807) is 12.4 Å². The van der Waals surface area contributed by atoms with Crippen LogP contribution in [0.25, 0.3) is 10.8 Å². The summed E-state index contributed by atoms with van der Waals surface area (Å²) in [6.07, 6.45) is 4.07. The summed E-state index contributed by atoms with van der Waals surface area (Å²) < 4.78 is 6.37. The van der Waals surface area contributed by atoms with Gasteiger partial charge in [-0.05, 0) is 52.7 Å². The molecule has 1 aromatic heterocycles. The quantitative estimate of drug-likeness (QED) is 0.398. The molecule has 0 saturated carbocycles. The van der Waals surface area contributed by atoms with Gasteiger partial charge >= 0.3 is 0 Å². The zero-order chi connectivity index (χ0) is 20.1. The molecule has 0 aliphatic carbocycles. The van der Waals surface area contributed by atoms with Crippen molar-refractivity contribution < 1.29 is 4.74 Å². The zero-order valence-electron chi connectivity index (χ0n) is 16.1. The predicted octanol–water partition coefficient (Wildman–Crippen LogP) is 6.13. The highest BCUT2D eigenvalue weighted by molar-refractivity contribution is 6.30. The number of nitrogens with zero attached hydrogens (tertiary/aromatic N) is 3. The molecule has 146 valence electrons. The van der Waals surface area contributed by atoms with E-state index in [0.29, 0.717) is 5.02 Å². The molecule has 0 fully saturated rings. The molecule has 2 aliphatic rings. The largest absolute Gasteiger partial charge is 0.464 e. The van der Waals surface area contributed by atoms with Gasteiger partial charge < -0.3 is 4.74 Å². The molecule has 30 heavy (non-hydrogen) atoms. The lowest BCUT2D eigenvalue weighted by Crippen LogP contribution is -2.33. The van der Waals surface area contributed by atoms with Crippen molar-refractivity contribution >= 4 is 28.1 Å². The fourth-order valence-electron chi connectivity index (χ4n) is 4.35. The maximum absolute atomic E-state index is 6.37. The first-order valence-corrected chi connectivity index (χ1v) is 10.3. The van der Waals surface area contributed by atoms with Crippen LogP contribution in [0.4, 0.5) is 0 Å². The Morgan fingerprint density at radius 2 is 1.73 bits per heavy atom. The number of ether oxygens (including phenoxy) is 1. The molecule has 3 aromatic carbocycles. The molecular weight excluding hydrogens is 394 g/mol. The van der Waals surface area contributed by atoms with Gasteiger partial charge in [0.1, 0.15) is 5.75 Å². The van der Waals surface area contributed by atoms with Crippen LogP contribution in [0.3, 0.4) is 0 Å². The van der Waals surface area contributed by atoms with E-state index in [2.05, 4.69) is 52.5 Å². The molecule has 0 saturated heterocycles. The van der Waals surface area contributed by atoms with Gasteiger partial charge in [0.15, 0.2) is 0 Å². The minimum atomic E-state index is -0.301. The van der Waals surface area contributed by atoms with Crippen LogP contribution >= 0.6 is 11.6 Å². The number of hydrogen-bond acceptors (Lipinski definition) is 4. The molecule has 0 N–H and O–H groups in total. The third-order valence-corrected chi connectivity index (χ3v) is 6.06. The van der Waals surface area contributed by atoms with E-state index in [1.165, 1.54) is 10.8 Å². The second kappa shape index (κ2) is 6.85. The number of hydrazone groups is 1. The van der Waals surface area contributed by atoms with Crippen molar-refractivity contribution in [2.24, 2.45) is 5.10 Å². The third kappa shape index (κ3) is 2.84. The Balaban J connectivity index is 1.46. The average Bonchev–Trinajstić information content (AvgIpc) is 3.25. The van der Waals surface area contributed by atoms with Gasteiger partial charge in [-0.15, -0.1) is 0 Å². The molecule has 4 aromatic rings. The predicted molar refractivity (Wildman–Crippen MR) is 119 cm³/mol. The SMILES string of the molecule is Clc1ccc2c(c1)C1CC(c3ccc4ccccc4c3)=NN1C(c1ccncc1)O2. The smallest absolute Gasteiger partial charge is 0.213 e. The van der Waals surface area contributed by atoms with E-state index in [9.17, 15) is 0 Å². The van der Waals surface area contributed by atoms with Crippen LogP contribution in [0.1, 0.15) is 35.4 Å². The van der Waals surface area contributed by atoms with Crippen molar-refractivity contribution in [1.82, 2.24) is 9.99 Å². The van der Waals surface area contributed by atoms with E-state index < -0.39 is 0 Å². The van der Waals surface area contributed by atoms with Crippen LogP contribution in [0, 0.1) is 0 Å². The Morgan fingerprint density at radius 1 is 0.900 bits per heavy atom. The zero-order valence-corrected chi connectivity index (χ0v) is 16.8. The second-order valence-electron chi connectivity index (χ2n) is 7.64. The van der Waals surface area contributed by atoms with Crippen LogP contribution in [0.2, 0.25) is 5.02 Å². The van der Waals surface area contributed by atoms with Gasteiger partial charge in [-0.2, -0.15) is 5.10 Å². The number of hydrogen-bond donors (Lipinski definition) is 0. The topological polar surface area (TPSA) is 37.7 Å². The number of pyridine rings is 1. The van der Waals surface area contributed by atoms with Gasteiger partial charge in [0.2, 0.25) is 6.23 Å². The molecule has 0 radical (unpaired) electrons. The molecular formula is C25H18ClN3O. The maximum Gasteiger partial charge on any atom is 0.213 e. The Morgan fingerprint density at radius 3 is 2.60 bits per heavy atom. The van der Waals surface area contributed by atoms with Crippen molar-refractivity contribution in [1.29, 1.82) is 0 Å². The number of benzene rings is 3. The lowest BCUT2D eigenvalue weighted by atomic mass is 9.95. The van der Waals surface area contributed by atoms with Crippen LogP contribution in [-0.2, 0) is 0 Å². The highest BCUT2D eigenvalue weighted by Crippen LogP contribution is 2.48. The van der Waals surface area contributed by atoms with Crippen LogP contribution in [-0.4, -0.2) is 15.7 Å². The van der Waals surface area contributed by atoms with Crippen molar-refractivity contribution in [3.63, 3.8) is 0 Å². The fourth-order valence-corrected chi connectivity index (χ4v) is 4.53. The van der Waals surface area contributed by atoms with E-state index in [-0.39, 0.29) is 12.3 Å². The normalized spacial score (nSPS) is 19.8. The second-order valence-corrected chi connectivity index (χ2v) is 8.08. The molecule has 2 unspecified atom stereocenters. The summed E-state index contributed by atoms with van der Waals surface area (Å²) in [6, 6.07) is 24.8. The maximum atomic E-state index is 6.37. The summed E-state index contributed by atoms with van der Waals surface area (Å²) in [7, 11) is 0. The lowest BCUT2D eigenvalue weighted by Gasteiger charge is -2.38. The van der Waals surface area contributed by atoms with Crippen molar-refractivity contribution in [3.05, 3.63) is 107 Å². The highest BCUT2D eigenvalue weighted by Gasteiger charge is 2.41. The first-order chi connectivity index (χ1) is 14.8. The minimum absolute atomic E-state index is 0.0760. The van der Waals surface area contributed by atoms with Gasteiger partial charge in [0, 0.05) is 35.0 Å². The van der Waals surface area contributed by atoms with Gasteiger partial charge in [-0.25, -0.2) is 5.01 Å². The number of halogens is 1. The molecule has 2 aliphatic heterocycles. The Bertz CT molecular complexity index is 1290. The van der Waals surface area contributed by atoms with Gasteiger partial charge in [0.05, 0.1) is 11.8 Å². The first-order valence-electron chi connectivity index (χ1n) is 9.97. The van der Waals surface area contributed by atoms with E-state index >= 15 is 0 Å². The molecule has 4 nitrogen and oxygen atoms in total. The monoisotopic (exact) mass is 411 g/mol. The molecule has 3 heterocycles. The molecule has 0 spiro atoms. The van der Waals surface area contributed by atoms with Crippen LogP contribution in [0.15, 0.2) is 90.3 Å². The molecule has 0 bridgehead atoms.